The number of hydrogen-bond donors (Lipinski definition) is 2. The monoisotopic (exact) mass is 192 g/mol. The summed E-state index contributed by atoms with van der Waals surface area (Å²) >= 11 is 0. The second-order valence-corrected chi connectivity index (χ2v) is 3.04. The Bertz CT molecular complexity index is 510. The van der Waals surface area contributed by atoms with Crippen molar-refractivity contribution in [3.8, 4) is 11.5 Å². The van der Waals surface area contributed by atoms with Crippen molar-refractivity contribution in [1.29, 1.82) is 0 Å². The Balaban J connectivity index is 2.76. The molecule has 0 saturated heterocycles. The molecular weight excluding hydrogens is 184 g/mol. The molecule has 72 valence electrons. The maximum Gasteiger partial charge on any atom is 0.194 e. The predicted molar refractivity (Wildman–Crippen MR) is 49.5 cm³/mol. The van der Waals surface area contributed by atoms with Crippen LogP contribution < -0.4 is 0 Å². The van der Waals surface area contributed by atoms with Crippen LogP contribution in [0, 0.1) is 0 Å². The summed E-state index contributed by atoms with van der Waals surface area (Å²) in [4.78, 5) is 11.0. The minimum atomic E-state index is -0.222. The van der Waals surface area contributed by atoms with Gasteiger partial charge >= 0.3 is 0 Å². The van der Waals surface area contributed by atoms with Crippen LogP contribution in [0.25, 0.3) is 11.0 Å². The van der Waals surface area contributed by atoms with Crippen LogP contribution in [-0.2, 0) is 0 Å². The first kappa shape index (κ1) is 8.62. The molecule has 4 nitrogen and oxygen atoms in total. The first-order chi connectivity index (χ1) is 6.58. The Kier molecular flexibility index (Phi) is 1.70. The molecule has 0 aliphatic heterocycles. The Morgan fingerprint density at radius 3 is 2.64 bits per heavy atom. The highest BCUT2D eigenvalue weighted by atomic mass is 16.3. The number of carbonyl (C=O) groups excluding carboxylic acids is 1. The Morgan fingerprint density at radius 2 is 2.00 bits per heavy atom. The van der Waals surface area contributed by atoms with Crippen molar-refractivity contribution in [2.75, 3.05) is 0 Å². The van der Waals surface area contributed by atoms with Crippen LogP contribution in [0.15, 0.2) is 22.6 Å². The fourth-order valence-electron chi connectivity index (χ4n) is 1.28. The standard InChI is InChI=1S/C10H8O4/c1-5(11)9-4-7-8(13)2-6(12)3-10(7)14-9/h2-4,12-13H,1H3. The van der Waals surface area contributed by atoms with Gasteiger partial charge in [-0.1, -0.05) is 0 Å². The molecule has 0 fully saturated rings. The topological polar surface area (TPSA) is 70.7 Å². The number of Topliss-reactive ketones (excluding diaryl/α,β-unsaturated/α-hetero) is 1. The average Bonchev–Trinajstić information content (AvgIpc) is 2.47. The fraction of sp³-hybridized carbons (Fsp3) is 0.100. The van der Waals surface area contributed by atoms with Gasteiger partial charge < -0.3 is 14.6 Å². The van der Waals surface area contributed by atoms with Gasteiger partial charge in [-0.25, -0.2) is 0 Å². The zero-order chi connectivity index (χ0) is 10.3. The van der Waals surface area contributed by atoms with E-state index in [1.807, 2.05) is 0 Å². The molecule has 0 aliphatic carbocycles. The van der Waals surface area contributed by atoms with Crippen LogP contribution in [0.2, 0.25) is 0 Å². The van der Waals surface area contributed by atoms with Crippen LogP contribution in [0.3, 0.4) is 0 Å². The molecule has 0 atom stereocenters. The Labute approximate surface area is 79.4 Å². The lowest BCUT2D eigenvalue weighted by atomic mass is 10.2. The molecule has 1 heterocycles. The number of fused-ring (bicyclic) bond motifs is 1. The van der Waals surface area contributed by atoms with E-state index in [4.69, 9.17) is 9.52 Å². The van der Waals surface area contributed by atoms with Gasteiger partial charge in [-0.15, -0.1) is 0 Å². The van der Waals surface area contributed by atoms with Crippen molar-refractivity contribution in [3.63, 3.8) is 0 Å². The first-order valence-corrected chi connectivity index (χ1v) is 4.04. The predicted octanol–water partition coefficient (Wildman–Crippen LogP) is 2.05. The van der Waals surface area contributed by atoms with E-state index in [1.54, 1.807) is 0 Å². The number of phenolic OH excluding ortho intramolecular Hbond substituents is 2. The smallest absolute Gasteiger partial charge is 0.194 e. The third-order valence-electron chi connectivity index (χ3n) is 1.95. The van der Waals surface area contributed by atoms with E-state index in [9.17, 15) is 9.90 Å². The molecule has 0 radical (unpaired) electrons. The molecule has 0 bridgehead atoms. The molecule has 0 saturated carbocycles. The van der Waals surface area contributed by atoms with Crippen molar-refractivity contribution in [1.82, 2.24) is 0 Å². The van der Waals surface area contributed by atoms with Gasteiger partial charge in [0.1, 0.15) is 17.1 Å². The van der Waals surface area contributed by atoms with E-state index in [0.29, 0.717) is 11.0 Å². The number of benzene rings is 1. The molecule has 2 N–H and O–H groups in total. The van der Waals surface area contributed by atoms with E-state index >= 15 is 0 Å². The summed E-state index contributed by atoms with van der Waals surface area (Å²) in [6.07, 6.45) is 0. The lowest BCUT2D eigenvalue weighted by molar-refractivity contribution is 0.0989. The molecule has 0 amide bonds. The lowest BCUT2D eigenvalue weighted by Crippen LogP contribution is -1.85. The zero-order valence-electron chi connectivity index (χ0n) is 7.44. The molecule has 1 aromatic carbocycles. The van der Waals surface area contributed by atoms with E-state index in [2.05, 4.69) is 0 Å². The summed E-state index contributed by atoms with van der Waals surface area (Å²) in [6.45, 7) is 1.37. The molecule has 0 aliphatic rings. The second kappa shape index (κ2) is 2.77. The van der Waals surface area contributed by atoms with Gasteiger partial charge in [0, 0.05) is 19.1 Å². The molecule has 2 rings (SSSR count). The number of aromatic hydroxyl groups is 2. The third-order valence-corrected chi connectivity index (χ3v) is 1.95. The van der Waals surface area contributed by atoms with Crippen molar-refractivity contribution >= 4 is 16.8 Å². The van der Waals surface area contributed by atoms with Crippen molar-refractivity contribution in [2.45, 2.75) is 6.92 Å². The van der Waals surface area contributed by atoms with Gasteiger partial charge in [-0.3, -0.25) is 4.79 Å². The molecule has 14 heavy (non-hydrogen) atoms. The second-order valence-electron chi connectivity index (χ2n) is 3.04. The van der Waals surface area contributed by atoms with Crippen molar-refractivity contribution in [2.24, 2.45) is 0 Å². The molecule has 0 spiro atoms. The summed E-state index contributed by atoms with van der Waals surface area (Å²) in [5.74, 6) is -0.253. The minimum absolute atomic E-state index is 0.0977. The lowest BCUT2D eigenvalue weighted by Gasteiger charge is -1.94. The molecule has 4 heteroatoms. The number of phenols is 2. The van der Waals surface area contributed by atoms with Gasteiger partial charge in [-0.05, 0) is 6.07 Å². The van der Waals surface area contributed by atoms with E-state index in [1.165, 1.54) is 25.1 Å². The Morgan fingerprint density at radius 1 is 1.29 bits per heavy atom. The van der Waals surface area contributed by atoms with E-state index in [-0.39, 0.29) is 23.0 Å². The average molecular weight is 192 g/mol. The van der Waals surface area contributed by atoms with Gasteiger partial charge in [-0.2, -0.15) is 0 Å². The number of furan rings is 1. The number of hydrogen-bond acceptors (Lipinski definition) is 4. The van der Waals surface area contributed by atoms with Crippen LogP contribution in [-0.4, -0.2) is 16.0 Å². The van der Waals surface area contributed by atoms with Gasteiger partial charge in [0.2, 0.25) is 0 Å². The maximum atomic E-state index is 11.0. The molecule has 0 unspecified atom stereocenters. The zero-order valence-corrected chi connectivity index (χ0v) is 7.44. The highest BCUT2D eigenvalue weighted by molar-refractivity contribution is 5.97. The van der Waals surface area contributed by atoms with Crippen LogP contribution >= 0.6 is 0 Å². The van der Waals surface area contributed by atoms with Crippen molar-refractivity contribution in [3.05, 3.63) is 24.0 Å². The third kappa shape index (κ3) is 1.21. The molecule has 2 aromatic rings. The molecule has 1 aromatic heterocycles. The van der Waals surface area contributed by atoms with Gasteiger partial charge in [0.25, 0.3) is 0 Å². The molecular formula is C10H8O4. The maximum absolute atomic E-state index is 11.0. The minimum Gasteiger partial charge on any atom is -0.508 e. The van der Waals surface area contributed by atoms with Gasteiger partial charge in [0.05, 0.1) is 5.39 Å². The van der Waals surface area contributed by atoms with Crippen LogP contribution in [0.5, 0.6) is 11.5 Å². The van der Waals surface area contributed by atoms with Crippen molar-refractivity contribution < 1.29 is 19.4 Å². The van der Waals surface area contributed by atoms with E-state index in [0.717, 1.165) is 0 Å². The van der Waals surface area contributed by atoms with E-state index < -0.39 is 0 Å². The van der Waals surface area contributed by atoms with Gasteiger partial charge in [0.15, 0.2) is 11.5 Å². The van der Waals surface area contributed by atoms with Crippen LogP contribution in [0.4, 0.5) is 0 Å². The highest BCUT2D eigenvalue weighted by Crippen LogP contribution is 2.32. The summed E-state index contributed by atoms with van der Waals surface area (Å²) in [5.41, 5.74) is 0.299. The summed E-state index contributed by atoms with van der Waals surface area (Å²) in [7, 11) is 0. The number of ketones is 1. The summed E-state index contributed by atoms with van der Waals surface area (Å²) in [5, 5.41) is 19.0. The van der Waals surface area contributed by atoms with Crippen LogP contribution in [0.1, 0.15) is 17.5 Å². The largest absolute Gasteiger partial charge is 0.508 e. The highest BCUT2D eigenvalue weighted by Gasteiger charge is 2.11. The normalized spacial score (nSPS) is 10.6. The SMILES string of the molecule is CC(=O)c1cc2c(O)cc(O)cc2o1. The Hall–Kier alpha value is -1.97. The summed E-state index contributed by atoms with van der Waals surface area (Å²) < 4.78 is 5.12. The number of carbonyl (C=O) groups is 1. The summed E-state index contributed by atoms with van der Waals surface area (Å²) in [6, 6.07) is 4.00. The fourth-order valence-corrected chi connectivity index (χ4v) is 1.28. The number of rotatable bonds is 1. The quantitative estimate of drug-likeness (QED) is 0.678. The first-order valence-electron chi connectivity index (χ1n) is 4.04.